The molecular formula is C10H18ClNO. The van der Waals surface area contributed by atoms with Gasteiger partial charge in [0, 0.05) is 11.6 Å². The molecule has 3 heteroatoms. The molecule has 0 aliphatic carbocycles. The minimum Gasteiger partial charge on any atom is -0.472 e. The first kappa shape index (κ1) is 12.5. The van der Waals surface area contributed by atoms with Crippen LogP contribution in [-0.2, 0) is 0 Å². The second-order valence-electron chi connectivity index (χ2n) is 3.16. The van der Waals surface area contributed by atoms with Crippen LogP contribution in [0.25, 0.3) is 0 Å². The van der Waals surface area contributed by atoms with Crippen LogP contribution in [0.5, 0.6) is 0 Å². The number of unbranched alkanes of at least 4 members (excludes halogenated alkanes) is 2. The largest absolute Gasteiger partial charge is 0.472 e. The quantitative estimate of drug-likeness (QED) is 0.746. The van der Waals surface area contributed by atoms with Crippen LogP contribution in [-0.4, -0.2) is 0 Å². The van der Waals surface area contributed by atoms with Crippen LogP contribution in [0.3, 0.4) is 0 Å². The van der Waals surface area contributed by atoms with Crippen molar-refractivity contribution in [3.8, 4) is 0 Å². The molecule has 0 saturated heterocycles. The molecule has 1 rings (SSSR count). The first-order chi connectivity index (χ1) is 5.84. The summed E-state index contributed by atoms with van der Waals surface area (Å²) in [4.78, 5) is 0. The molecule has 0 fully saturated rings. The third-order valence-corrected chi connectivity index (χ3v) is 2.09. The van der Waals surface area contributed by atoms with E-state index in [9.17, 15) is 0 Å². The van der Waals surface area contributed by atoms with Gasteiger partial charge in [-0.25, -0.2) is 0 Å². The van der Waals surface area contributed by atoms with Crippen LogP contribution in [0.4, 0.5) is 0 Å². The maximum absolute atomic E-state index is 5.92. The summed E-state index contributed by atoms with van der Waals surface area (Å²) in [6, 6.07) is 2.10. The number of furan rings is 1. The lowest BCUT2D eigenvalue weighted by Crippen LogP contribution is -2.08. The molecule has 1 heterocycles. The molecule has 13 heavy (non-hydrogen) atoms. The van der Waals surface area contributed by atoms with E-state index < -0.39 is 0 Å². The van der Waals surface area contributed by atoms with E-state index in [2.05, 4.69) is 6.92 Å². The SMILES string of the molecule is CCCCC[C@@H](N)c1ccoc1.Cl. The molecule has 0 aromatic carbocycles. The van der Waals surface area contributed by atoms with Gasteiger partial charge in [0.25, 0.3) is 0 Å². The molecule has 1 aromatic rings. The lowest BCUT2D eigenvalue weighted by Gasteiger charge is -2.07. The molecule has 0 bridgehead atoms. The summed E-state index contributed by atoms with van der Waals surface area (Å²) in [6.45, 7) is 2.20. The fourth-order valence-electron chi connectivity index (χ4n) is 1.27. The van der Waals surface area contributed by atoms with Crippen LogP contribution in [0.15, 0.2) is 23.0 Å². The molecule has 0 aliphatic rings. The molecule has 1 aromatic heterocycles. The highest BCUT2D eigenvalue weighted by molar-refractivity contribution is 5.85. The maximum Gasteiger partial charge on any atom is 0.0950 e. The van der Waals surface area contributed by atoms with E-state index in [0.717, 1.165) is 12.0 Å². The number of hydrogen-bond donors (Lipinski definition) is 1. The lowest BCUT2D eigenvalue weighted by atomic mass is 10.0. The summed E-state index contributed by atoms with van der Waals surface area (Å²) in [6.07, 6.45) is 8.20. The summed E-state index contributed by atoms with van der Waals surface area (Å²) in [5.74, 6) is 0. The van der Waals surface area contributed by atoms with Gasteiger partial charge in [-0.3, -0.25) is 0 Å². The average Bonchev–Trinajstić information content (AvgIpc) is 2.56. The van der Waals surface area contributed by atoms with Gasteiger partial charge in [0.1, 0.15) is 0 Å². The van der Waals surface area contributed by atoms with Crippen molar-refractivity contribution in [1.82, 2.24) is 0 Å². The normalized spacial score (nSPS) is 12.2. The van der Waals surface area contributed by atoms with Gasteiger partial charge < -0.3 is 10.2 Å². The molecule has 0 saturated carbocycles. The zero-order chi connectivity index (χ0) is 8.81. The number of nitrogens with two attached hydrogens (primary N) is 1. The van der Waals surface area contributed by atoms with Gasteiger partial charge in [-0.1, -0.05) is 26.2 Å². The topological polar surface area (TPSA) is 39.2 Å². The van der Waals surface area contributed by atoms with E-state index >= 15 is 0 Å². The van der Waals surface area contributed by atoms with Gasteiger partial charge in [-0.15, -0.1) is 12.4 Å². The Balaban J connectivity index is 0.00000144. The molecule has 0 radical (unpaired) electrons. The minimum absolute atomic E-state index is 0. The summed E-state index contributed by atoms with van der Waals surface area (Å²) >= 11 is 0. The van der Waals surface area contributed by atoms with E-state index in [1.54, 1.807) is 12.5 Å². The smallest absolute Gasteiger partial charge is 0.0950 e. The first-order valence-corrected chi connectivity index (χ1v) is 4.62. The van der Waals surface area contributed by atoms with Crippen molar-refractivity contribution in [3.05, 3.63) is 24.2 Å². The highest BCUT2D eigenvalue weighted by atomic mass is 35.5. The predicted octanol–water partition coefficient (Wildman–Crippen LogP) is 3.28. The fourth-order valence-corrected chi connectivity index (χ4v) is 1.27. The fraction of sp³-hybridized carbons (Fsp3) is 0.600. The molecule has 0 unspecified atom stereocenters. The summed E-state index contributed by atoms with van der Waals surface area (Å²) in [5, 5.41) is 0. The van der Waals surface area contributed by atoms with Crippen molar-refractivity contribution in [2.24, 2.45) is 5.73 Å². The number of hydrogen-bond acceptors (Lipinski definition) is 2. The van der Waals surface area contributed by atoms with Crippen molar-refractivity contribution in [2.45, 2.75) is 38.6 Å². The lowest BCUT2D eigenvalue weighted by molar-refractivity contribution is 0.544. The summed E-state index contributed by atoms with van der Waals surface area (Å²) in [5.41, 5.74) is 7.04. The van der Waals surface area contributed by atoms with Crippen LogP contribution in [0, 0.1) is 0 Å². The molecule has 1 atom stereocenters. The highest BCUT2D eigenvalue weighted by Crippen LogP contribution is 2.17. The van der Waals surface area contributed by atoms with Gasteiger partial charge in [0.2, 0.25) is 0 Å². The summed E-state index contributed by atoms with van der Waals surface area (Å²) < 4.78 is 4.96. The Hall–Kier alpha value is -0.470. The van der Waals surface area contributed by atoms with Crippen molar-refractivity contribution in [2.75, 3.05) is 0 Å². The van der Waals surface area contributed by atoms with Crippen LogP contribution >= 0.6 is 12.4 Å². The van der Waals surface area contributed by atoms with Gasteiger partial charge in [0.05, 0.1) is 12.5 Å². The molecule has 2 nitrogen and oxygen atoms in total. The molecule has 2 N–H and O–H groups in total. The van der Waals surface area contributed by atoms with Crippen LogP contribution in [0.2, 0.25) is 0 Å². The van der Waals surface area contributed by atoms with Crippen molar-refractivity contribution in [1.29, 1.82) is 0 Å². The molecule has 76 valence electrons. The zero-order valence-corrected chi connectivity index (χ0v) is 8.85. The van der Waals surface area contributed by atoms with Crippen LogP contribution in [0.1, 0.15) is 44.2 Å². The van der Waals surface area contributed by atoms with E-state index in [1.165, 1.54) is 19.3 Å². The van der Waals surface area contributed by atoms with Crippen molar-refractivity contribution < 1.29 is 4.42 Å². The van der Waals surface area contributed by atoms with E-state index in [1.807, 2.05) is 6.07 Å². The van der Waals surface area contributed by atoms with Crippen molar-refractivity contribution >= 4 is 12.4 Å². The highest BCUT2D eigenvalue weighted by Gasteiger charge is 2.05. The zero-order valence-electron chi connectivity index (χ0n) is 8.03. The molecule has 0 amide bonds. The number of rotatable bonds is 5. The van der Waals surface area contributed by atoms with E-state index in [0.29, 0.717) is 0 Å². The van der Waals surface area contributed by atoms with Gasteiger partial charge in [-0.2, -0.15) is 0 Å². The van der Waals surface area contributed by atoms with E-state index in [4.69, 9.17) is 10.2 Å². The molecule has 0 spiro atoms. The standard InChI is InChI=1S/C10H17NO.ClH/c1-2-3-4-5-10(11)9-6-7-12-8-9;/h6-8,10H,2-5,11H2,1H3;1H/t10-;/m1./s1. The van der Waals surface area contributed by atoms with Crippen molar-refractivity contribution in [3.63, 3.8) is 0 Å². The summed E-state index contributed by atoms with van der Waals surface area (Å²) in [7, 11) is 0. The Morgan fingerprint density at radius 1 is 1.46 bits per heavy atom. The second kappa shape index (κ2) is 6.98. The average molecular weight is 204 g/mol. The maximum atomic E-state index is 5.92. The third kappa shape index (κ3) is 4.34. The van der Waals surface area contributed by atoms with Gasteiger partial charge >= 0.3 is 0 Å². The Morgan fingerprint density at radius 2 is 2.23 bits per heavy atom. The van der Waals surface area contributed by atoms with E-state index in [-0.39, 0.29) is 18.4 Å². The van der Waals surface area contributed by atoms with Crippen LogP contribution < -0.4 is 5.73 Å². The van der Waals surface area contributed by atoms with Gasteiger partial charge in [0.15, 0.2) is 0 Å². The first-order valence-electron chi connectivity index (χ1n) is 4.62. The number of halogens is 1. The molecule has 0 aliphatic heterocycles. The van der Waals surface area contributed by atoms with Gasteiger partial charge in [-0.05, 0) is 12.5 Å². The second-order valence-corrected chi connectivity index (χ2v) is 3.16. The Bertz CT molecular complexity index is 199. The Kier molecular flexibility index (Phi) is 6.73. The third-order valence-electron chi connectivity index (χ3n) is 2.09. The minimum atomic E-state index is 0. The molecular weight excluding hydrogens is 186 g/mol. The predicted molar refractivity (Wildman–Crippen MR) is 57.0 cm³/mol. The Morgan fingerprint density at radius 3 is 2.77 bits per heavy atom. The monoisotopic (exact) mass is 203 g/mol. The Labute approximate surface area is 85.9 Å².